The number of carbonyl (C=O) groups excluding carboxylic acids is 1. The highest BCUT2D eigenvalue weighted by Gasteiger charge is 2.22. The Labute approximate surface area is 148 Å². The Morgan fingerprint density at radius 2 is 1.83 bits per heavy atom. The van der Waals surface area contributed by atoms with Crippen LogP contribution < -0.4 is 4.90 Å². The lowest BCUT2D eigenvalue weighted by Crippen LogP contribution is -2.32. The molecule has 4 heteroatoms. The molecule has 1 aliphatic rings. The maximum absolute atomic E-state index is 13.0. The minimum absolute atomic E-state index is 0.197. The van der Waals surface area contributed by atoms with Crippen LogP contribution in [-0.4, -0.2) is 10.9 Å². The lowest BCUT2D eigenvalue weighted by Gasteiger charge is -2.27. The minimum atomic E-state index is 0.197. The number of benzene rings is 1. The van der Waals surface area contributed by atoms with E-state index in [0.717, 1.165) is 11.3 Å². The van der Waals surface area contributed by atoms with Gasteiger partial charge in [-0.2, -0.15) is 0 Å². The fraction of sp³-hybridized carbons (Fsp3) is 0.400. The summed E-state index contributed by atoms with van der Waals surface area (Å²) in [6.07, 6.45) is 8.55. The molecule has 1 saturated carbocycles. The monoisotopic (exact) mass is 342 g/mol. The van der Waals surface area contributed by atoms with Gasteiger partial charge in [-0.3, -0.25) is 4.79 Å². The van der Waals surface area contributed by atoms with Crippen LogP contribution >= 0.6 is 11.6 Å². The third-order valence-corrected chi connectivity index (χ3v) is 4.91. The van der Waals surface area contributed by atoms with E-state index >= 15 is 0 Å². The largest absolute Gasteiger partial charge is 0.308 e. The number of rotatable bonds is 5. The van der Waals surface area contributed by atoms with Crippen molar-refractivity contribution in [2.45, 2.75) is 45.1 Å². The SMILES string of the molecule is O=C(CC1CCCCC1)N(Cc1ccc(Cl)nc1)c1ccccc1. The molecule has 1 aliphatic carbocycles. The summed E-state index contributed by atoms with van der Waals surface area (Å²) in [4.78, 5) is 19.0. The Bertz CT molecular complexity index is 651. The van der Waals surface area contributed by atoms with E-state index in [2.05, 4.69) is 4.98 Å². The molecule has 0 radical (unpaired) electrons. The number of amides is 1. The number of halogens is 1. The zero-order chi connectivity index (χ0) is 16.8. The van der Waals surface area contributed by atoms with Gasteiger partial charge < -0.3 is 4.90 Å². The quantitative estimate of drug-likeness (QED) is 0.696. The summed E-state index contributed by atoms with van der Waals surface area (Å²) < 4.78 is 0. The Balaban J connectivity index is 1.76. The molecule has 0 saturated heterocycles. The van der Waals surface area contributed by atoms with E-state index in [1.807, 2.05) is 41.3 Å². The lowest BCUT2D eigenvalue weighted by molar-refractivity contribution is -0.119. The Kier molecular flexibility index (Phi) is 5.86. The third-order valence-electron chi connectivity index (χ3n) is 4.69. The smallest absolute Gasteiger partial charge is 0.227 e. The average molecular weight is 343 g/mol. The van der Waals surface area contributed by atoms with Gasteiger partial charge in [0.2, 0.25) is 5.91 Å². The molecule has 1 heterocycles. The molecule has 1 amide bonds. The summed E-state index contributed by atoms with van der Waals surface area (Å²) in [6, 6.07) is 13.6. The number of anilines is 1. The van der Waals surface area contributed by atoms with Crippen molar-refractivity contribution in [3.05, 3.63) is 59.4 Å². The molecule has 0 N–H and O–H groups in total. The Hall–Kier alpha value is -1.87. The van der Waals surface area contributed by atoms with Gasteiger partial charge >= 0.3 is 0 Å². The van der Waals surface area contributed by atoms with E-state index in [1.54, 1.807) is 12.3 Å². The maximum atomic E-state index is 13.0. The van der Waals surface area contributed by atoms with Gasteiger partial charge in [0.1, 0.15) is 5.15 Å². The first-order valence-electron chi connectivity index (χ1n) is 8.68. The molecule has 0 spiro atoms. The van der Waals surface area contributed by atoms with Crippen molar-refractivity contribution in [2.24, 2.45) is 5.92 Å². The summed E-state index contributed by atoms with van der Waals surface area (Å²) in [5, 5.41) is 0.471. The van der Waals surface area contributed by atoms with Gasteiger partial charge in [-0.05, 0) is 42.5 Å². The molecule has 0 bridgehead atoms. The van der Waals surface area contributed by atoms with E-state index < -0.39 is 0 Å². The highest BCUT2D eigenvalue weighted by molar-refractivity contribution is 6.29. The zero-order valence-corrected chi connectivity index (χ0v) is 14.6. The Morgan fingerprint density at radius 1 is 1.08 bits per heavy atom. The summed E-state index contributed by atoms with van der Waals surface area (Å²) in [7, 11) is 0. The van der Waals surface area contributed by atoms with Gasteiger partial charge in [0, 0.05) is 18.3 Å². The molecule has 1 aromatic carbocycles. The highest BCUT2D eigenvalue weighted by Crippen LogP contribution is 2.28. The van der Waals surface area contributed by atoms with Crippen LogP contribution in [0.5, 0.6) is 0 Å². The van der Waals surface area contributed by atoms with Crippen LogP contribution in [-0.2, 0) is 11.3 Å². The molecule has 2 aromatic rings. The second-order valence-corrected chi connectivity index (χ2v) is 6.90. The predicted octanol–water partition coefficient (Wildman–Crippen LogP) is 5.24. The van der Waals surface area contributed by atoms with Gasteiger partial charge in [-0.1, -0.05) is 55.1 Å². The number of aromatic nitrogens is 1. The zero-order valence-electron chi connectivity index (χ0n) is 13.8. The van der Waals surface area contributed by atoms with Crippen LogP contribution in [0.1, 0.15) is 44.1 Å². The van der Waals surface area contributed by atoms with Crippen LogP contribution in [0.25, 0.3) is 0 Å². The van der Waals surface area contributed by atoms with Crippen molar-refractivity contribution in [1.29, 1.82) is 0 Å². The highest BCUT2D eigenvalue weighted by atomic mass is 35.5. The third kappa shape index (κ3) is 4.57. The first kappa shape index (κ1) is 17.0. The predicted molar refractivity (Wildman–Crippen MR) is 98.1 cm³/mol. The molecule has 3 nitrogen and oxygen atoms in total. The van der Waals surface area contributed by atoms with Crippen molar-refractivity contribution < 1.29 is 4.79 Å². The molecule has 1 aromatic heterocycles. The fourth-order valence-corrected chi connectivity index (χ4v) is 3.47. The van der Waals surface area contributed by atoms with Crippen molar-refractivity contribution in [2.75, 3.05) is 4.90 Å². The second kappa shape index (κ2) is 8.29. The topological polar surface area (TPSA) is 33.2 Å². The number of hydrogen-bond donors (Lipinski definition) is 0. The van der Waals surface area contributed by atoms with Crippen molar-refractivity contribution in [3.8, 4) is 0 Å². The standard InChI is InChI=1S/C20H23ClN2O/c21-19-12-11-17(14-22-19)15-23(18-9-5-2-6-10-18)20(24)13-16-7-3-1-4-8-16/h2,5-6,9-12,14,16H,1,3-4,7-8,13,15H2. The molecular weight excluding hydrogens is 320 g/mol. The molecule has 1 fully saturated rings. The maximum Gasteiger partial charge on any atom is 0.227 e. The Morgan fingerprint density at radius 3 is 2.50 bits per heavy atom. The number of nitrogens with zero attached hydrogens (tertiary/aromatic N) is 2. The molecular formula is C20H23ClN2O. The number of hydrogen-bond acceptors (Lipinski definition) is 2. The van der Waals surface area contributed by atoms with E-state index in [1.165, 1.54) is 32.1 Å². The van der Waals surface area contributed by atoms with E-state index in [0.29, 0.717) is 24.0 Å². The molecule has 3 rings (SSSR count). The number of pyridine rings is 1. The molecule has 126 valence electrons. The van der Waals surface area contributed by atoms with Crippen LogP contribution in [0, 0.1) is 5.92 Å². The summed E-state index contributed by atoms with van der Waals surface area (Å²) in [5.41, 5.74) is 1.92. The molecule has 0 unspecified atom stereocenters. The summed E-state index contributed by atoms with van der Waals surface area (Å²) in [5.74, 6) is 0.726. The molecule has 0 atom stereocenters. The number of para-hydroxylation sites is 1. The van der Waals surface area contributed by atoms with Crippen molar-refractivity contribution >= 4 is 23.2 Å². The fourth-order valence-electron chi connectivity index (χ4n) is 3.36. The van der Waals surface area contributed by atoms with E-state index in [9.17, 15) is 4.79 Å². The van der Waals surface area contributed by atoms with Crippen molar-refractivity contribution in [1.82, 2.24) is 4.98 Å². The minimum Gasteiger partial charge on any atom is -0.308 e. The summed E-state index contributed by atoms with van der Waals surface area (Å²) >= 11 is 5.86. The van der Waals surface area contributed by atoms with Gasteiger partial charge in [-0.15, -0.1) is 0 Å². The lowest BCUT2D eigenvalue weighted by atomic mass is 9.86. The van der Waals surface area contributed by atoms with Gasteiger partial charge in [0.05, 0.1) is 6.54 Å². The second-order valence-electron chi connectivity index (χ2n) is 6.51. The number of carbonyl (C=O) groups is 1. The molecule has 0 aliphatic heterocycles. The first-order chi connectivity index (χ1) is 11.7. The van der Waals surface area contributed by atoms with E-state index in [-0.39, 0.29) is 5.91 Å². The van der Waals surface area contributed by atoms with E-state index in [4.69, 9.17) is 11.6 Å². The summed E-state index contributed by atoms with van der Waals surface area (Å²) in [6.45, 7) is 0.528. The van der Waals surface area contributed by atoms with Gasteiger partial charge in [0.25, 0.3) is 0 Å². The van der Waals surface area contributed by atoms with Crippen LogP contribution in [0.3, 0.4) is 0 Å². The molecule has 24 heavy (non-hydrogen) atoms. The van der Waals surface area contributed by atoms with Gasteiger partial charge in [-0.25, -0.2) is 4.98 Å². The first-order valence-corrected chi connectivity index (χ1v) is 9.06. The normalized spacial score (nSPS) is 15.2. The van der Waals surface area contributed by atoms with Gasteiger partial charge in [0.15, 0.2) is 0 Å². The average Bonchev–Trinajstić information content (AvgIpc) is 2.63. The van der Waals surface area contributed by atoms with Crippen molar-refractivity contribution in [3.63, 3.8) is 0 Å². The van der Waals surface area contributed by atoms with Crippen LogP contribution in [0.15, 0.2) is 48.7 Å². The van der Waals surface area contributed by atoms with Crippen LogP contribution in [0.2, 0.25) is 5.15 Å². The van der Waals surface area contributed by atoms with Crippen LogP contribution in [0.4, 0.5) is 5.69 Å².